The molecule has 0 unspecified atom stereocenters. The fourth-order valence-corrected chi connectivity index (χ4v) is 4.44. The lowest BCUT2D eigenvalue weighted by Gasteiger charge is -2.23. The summed E-state index contributed by atoms with van der Waals surface area (Å²) in [7, 11) is 4.02. The van der Waals surface area contributed by atoms with Crippen LogP contribution in [0.1, 0.15) is 30.7 Å². The van der Waals surface area contributed by atoms with Crippen molar-refractivity contribution in [2.75, 3.05) is 26.5 Å². The largest absolute Gasteiger partial charge is 0.497 e. The molecule has 2 atom stereocenters. The number of likely N-dealkylation sites (tertiary alicyclic amines) is 1. The predicted molar refractivity (Wildman–Crippen MR) is 76.7 cm³/mol. The van der Waals surface area contributed by atoms with Gasteiger partial charge in [-0.05, 0) is 62.5 Å². The molecule has 2 aliphatic heterocycles. The second-order valence-corrected chi connectivity index (χ2v) is 6.49. The number of hydrogen-bond donors (Lipinski definition) is 0. The highest BCUT2D eigenvalue weighted by Gasteiger charge is 2.29. The quantitative estimate of drug-likeness (QED) is 0.829. The minimum absolute atomic E-state index is 0.714. The van der Waals surface area contributed by atoms with Gasteiger partial charge < -0.3 is 9.64 Å². The van der Waals surface area contributed by atoms with Gasteiger partial charge in [0.1, 0.15) is 5.75 Å². The monoisotopic (exact) mass is 263 g/mol. The molecule has 0 aromatic heterocycles. The average Bonchev–Trinajstić information content (AvgIpc) is 2.97. The minimum Gasteiger partial charge on any atom is -0.497 e. The molecule has 2 nitrogen and oxygen atoms in total. The summed E-state index contributed by atoms with van der Waals surface area (Å²) in [6, 6.07) is 7.33. The van der Waals surface area contributed by atoms with Crippen LogP contribution >= 0.6 is 11.8 Å². The van der Waals surface area contributed by atoms with Gasteiger partial charge in [-0.15, -0.1) is 11.8 Å². The van der Waals surface area contributed by atoms with Crippen molar-refractivity contribution in [3.8, 4) is 5.75 Å². The van der Waals surface area contributed by atoms with Crippen molar-refractivity contribution in [3.05, 3.63) is 23.8 Å². The fraction of sp³-hybridized carbons (Fsp3) is 0.600. The molecule has 1 fully saturated rings. The first-order valence-corrected chi connectivity index (χ1v) is 7.77. The van der Waals surface area contributed by atoms with Gasteiger partial charge in [0.2, 0.25) is 0 Å². The summed E-state index contributed by atoms with van der Waals surface area (Å²) in [5, 5.41) is 0. The van der Waals surface area contributed by atoms with Crippen molar-refractivity contribution in [3.63, 3.8) is 0 Å². The molecule has 3 rings (SSSR count). The Hall–Kier alpha value is -0.670. The highest BCUT2D eigenvalue weighted by Crippen LogP contribution is 2.44. The molecule has 0 spiro atoms. The molecule has 18 heavy (non-hydrogen) atoms. The Morgan fingerprint density at radius 2 is 2.33 bits per heavy atom. The maximum Gasteiger partial charge on any atom is 0.119 e. The van der Waals surface area contributed by atoms with Crippen LogP contribution < -0.4 is 4.74 Å². The van der Waals surface area contributed by atoms with Crippen LogP contribution in [0.5, 0.6) is 5.75 Å². The Kier molecular flexibility index (Phi) is 3.53. The van der Waals surface area contributed by atoms with Gasteiger partial charge in [0, 0.05) is 16.7 Å². The molecule has 0 aliphatic carbocycles. The first-order valence-electron chi connectivity index (χ1n) is 6.79. The second kappa shape index (κ2) is 5.14. The predicted octanol–water partition coefficient (Wildman–Crippen LogP) is 3.37. The van der Waals surface area contributed by atoms with E-state index < -0.39 is 0 Å². The van der Waals surface area contributed by atoms with E-state index in [1.54, 1.807) is 7.11 Å². The van der Waals surface area contributed by atoms with E-state index in [0.29, 0.717) is 5.92 Å². The SMILES string of the molecule is COc1ccc2c(c1)[C@H](C[C@H]1CCCN1C)CS2. The summed E-state index contributed by atoms with van der Waals surface area (Å²) in [4.78, 5) is 3.99. The zero-order valence-electron chi connectivity index (χ0n) is 11.2. The van der Waals surface area contributed by atoms with Crippen molar-refractivity contribution in [1.82, 2.24) is 4.90 Å². The smallest absolute Gasteiger partial charge is 0.119 e. The Morgan fingerprint density at radius 3 is 3.06 bits per heavy atom. The molecule has 0 amide bonds. The van der Waals surface area contributed by atoms with Crippen LogP contribution in [0.3, 0.4) is 0 Å². The lowest BCUT2D eigenvalue weighted by atomic mass is 9.93. The number of methoxy groups -OCH3 is 1. The van der Waals surface area contributed by atoms with E-state index in [9.17, 15) is 0 Å². The highest BCUT2D eigenvalue weighted by atomic mass is 32.2. The van der Waals surface area contributed by atoms with Crippen LogP contribution in [0.15, 0.2) is 23.1 Å². The third-order valence-corrected chi connectivity index (χ3v) is 5.58. The van der Waals surface area contributed by atoms with Crippen molar-refractivity contribution in [2.24, 2.45) is 0 Å². The van der Waals surface area contributed by atoms with Crippen molar-refractivity contribution >= 4 is 11.8 Å². The first-order chi connectivity index (χ1) is 8.78. The van der Waals surface area contributed by atoms with Crippen molar-refractivity contribution in [2.45, 2.75) is 36.1 Å². The first kappa shape index (κ1) is 12.4. The molecule has 0 radical (unpaired) electrons. The third kappa shape index (κ3) is 2.26. The summed E-state index contributed by atoms with van der Waals surface area (Å²) in [5.41, 5.74) is 1.51. The van der Waals surface area contributed by atoms with E-state index in [-0.39, 0.29) is 0 Å². The summed E-state index contributed by atoms with van der Waals surface area (Å²) in [5.74, 6) is 2.96. The summed E-state index contributed by atoms with van der Waals surface area (Å²) in [6.07, 6.45) is 4.05. The maximum atomic E-state index is 5.36. The van der Waals surface area contributed by atoms with Gasteiger partial charge in [0.25, 0.3) is 0 Å². The molecule has 2 heterocycles. The molecule has 98 valence electrons. The molecule has 1 aromatic carbocycles. The molecule has 2 aliphatic rings. The Labute approximate surface area is 114 Å². The van der Waals surface area contributed by atoms with E-state index in [2.05, 4.69) is 30.1 Å². The van der Waals surface area contributed by atoms with Gasteiger partial charge in [-0.1, -0.05) is 0 Å². The number of benzene rings is 1. The van der Waals surface area contributed by atoms with Crippen LogP contribution in [0.4, 0.5) is 0 Å². The molecule has 0 N–H and O–H groups in total. The number of nitrogens with zero attached hydrogens (tertiary/aromatic N) is 1. The second-order valence-electron chi connectivity index (χ2n) is 5.42. The van der Waals surface area contributed by atoms with Crippen LogP contribution in [0.25, 0.3) is 0 Å². The maximum absolute atomic E-state index is 5.36. The summed E-state index contributed by atoms with van der Waals surface area (Å²) in [6.45, 7) is 1.27. The molecular weight excluding hydrogens is 242 g/mol. The molecule has 3 heteroatoms. The van der Waals surface area contributed by atoms with Gasteiger partial charge in [-0.25, -0.2) is 0 Å². The summed E-state index contributed by atoms with van der Waals surface area (Å²) >= 11 is 2.01. The van der Waals surface area contributed by atoms with E-state index in [1.807, 2.05) is 11.8 Å². The molecule has 0 bridgehead atoms. The number of ether oxygens (including phenoxy) is 1. The number of hydrogen-bond acceptors (Lipinski definition) is 3. The molecule has 1 aromatic rings. The third-order valence-electron chi connectivity index (χ3n) is 4.32. The fourth-order valence-electron chi connectivity index (χ4n) is 3.18. The van der Waals surface area contributed by atoms with Crippen LogP contribution in [0, 0.1) is 0 Å². The van der Waals surface area contributed by atoms with Gasteiger partial charge >= 0.3 is 0 Å². The Bertz CT molecular complexity index is 435. The molecule has 1 saturated heterocycles. The summed E-state index contributed by atoms with van der Waals surface area (Å²) < 4.78 is 5.36. The zero-order valence-corrected chi connectivity index (χ0v) is 12.0. The van der Waals surface area contributed by atoms with E-state index in [1.165, 1.54) is 42.0 Å². The van der Waals surface area contributed by atoms with Gasteiger partial charge in [0.15, 0.2) is 0 Å². The lowest BCUT2D eigenvalue weighted by molar-refractivity contribution is 0.286. The highest BCUT2D eigenvalue weighted by molar-refractivity contribution is 7.99. The number of thioether (sulfide) groups is 1. The minimum atomic E-state index is 0.714. The average molecular weight is 263 g/mol. The Balaban J connectivity index is 1.76. The molecule has 0 saturated carbocycles. The van der Waals surface area contributed by atoms with Crippen LogP contribution in [-0.4, -0.2) is 37.4 Å². The normalized spacial score (nSPS) is 27.4. The van der Waals surface area contributed by atoms with Gasteiger partial charge in [-0.2, -0.15) is 0 Å². The number of fused-ring (bicyclic) bond motifs is 1. The van der Waals surface area contributed by atoms with E-state index in [0.717, 1.165) is 11.8 Å². The van der Waals surface area contributed by atoms with Gasteiger partial charge in [-0.3, -0.25) is 0 Å². The number of rotatable bonds is 3. The topological polar surface area (TPSA) is 12.5 Å². The Morgan fingerprint density at radius 1 is 1.44 bits per heavy atom. The van der Waals surface area contributed by atoms with Crippen LogP contribution in [-0.2, 0) is 0 Å². The lowest BCUT2D eigenvalue weighted by Crippen LogP contribution is -2.26. The molecular formula is C15H21NOS. The zero-order chi connectivity index (χ0) is 12.5. The van der Waals surface area contributed by atoms with E-state index in [4.69, 9.17) is 4.74 Å². The standard InChI is InChI=1S/C15H21NOS/c1-16-7-3-4-12(16)8-11-10-18-15-6-5-13(17-2)9-14(11)15/h5-6,9,11-12H,3-4,7-8,10H2,1-2H3/t11-,12-/m1/s1. The van der Waals surface area contributed by atoms with Gasteiger partial charge in [0.05, 0.1) is 7.11 Å². The van der Waals surface area contributed by atoms with Crippen molar-refractivity contribution in [1.29, 1.82) is 0 Å². The van der Waals surface area contributed by atoms with Crippen LogP contribution in [0.2, 0.25) is 0 Å². The van der Waals surface area contributed by atoms with Crippen molar-refractivity contribution < 1.29 is 4.74 Å². The van der Waals surface area contributed by atoms with E-state index >= 15 is 0 Å².